The zero-order valence-corrected chi connectivity index (χ0v) is 16.9. The number of nitrogens with one attached hydrogen (secondary N) is 1. The van der Waals surface area contributed by atoms with Gasteiger partial charge in [-0.15, -0.1) is 0 Å². The molecule has 0 saturated heterocycles. The fourth-order valence-electron chi connectivity index (χ4n) is 3.53. The Morgan fingerprint density at radius 1 is 1.15 bits per heavy atom. The van der Waals surface area contributed by atoms with Crippen LogP contribution in [0.3, 0.4) is 0 Å². The zero-order valence-electron chi connectivity index (χ0n) is 14.6. The van der Waals surface area contributed by atoms with Crippen LogP contribution in [-0.4, -0.2) is 21.3 Å². The van der Waals surface area contributed by atoms with E-state index in [1.807, 2.05) is 26.8 Å². The minimum absolute atomic E-state index is 0.159. The highest BCUT2D eigenvalue weighted by atomic mass is 35.6. The Balaban J connectivity index is 2.07. The van der Waals surface area contributed by atoms with Crippen molar-refractivity contribution in [3.8, 4) is 0 Å². The molecule has 1 amide bonds. The van der Waals surface area contributed by atoms with Gasteiger partial charge in [0.15, 0.2) is 11.6 Å². The molecular formula is C19H18Cl3NO3. The van der Waals surface area contributed by atoms with Crippen LogP contribution in [-0.2, 0) is 11.2 Å². The van der Waals surface area contributed by atoms with Gasteiger partial charge in [-0.25, -0.2) is 0 Å². The number of rotatable bonds is 1. The van der Waals surface area contributed by atoms with Crippen molar-refractivity contribution in [1.82, 2.24) is 5.32 Å². The second kappa shape index (κ2) is 6.36. The van der Waals surface area contributed by atoms with Crippen molar-refractivity contribution in [1.29, 1.82) is 0 Å². The van der Waals surface area contributed by atoms with Crippen LogP contribution in [0.5, 0.6) is 0 Å². The Bertz CT molecular complexity index is 860. The van der Waals surface area contributed by atoms with Gasteiger partial charge in [0.25, 0.3) is 9.70 Å². The molecule has 4 nitrogen and oxygen atoms in total. The molecule has 26 heavy (non-hydrogen) atoms. The van der Waals surface area contributed by atoms with Gasteiger partial charge < -0.3 is 5.32 Å². The van der Waals surface area contributed by atoms with E-state index in [9.17, 15) is 14.4 Å². The minimum atomic E-state index is -2.09. The highest BCUT2D eigenvalue weighted by Gasteiger charge is 2.39. The van der Waals surface area contributed by atoms with E-state index in [2.05, 4.69) is 5.32 Å². The summed E-state index contributed by atoms with van der Waals surface area (Å²) in [6, 6.07) is 3.07. The van der Waals surface area contributed by atoms with Crippen LogP contribution >= 0.6 is 34.8 Å². The predicted molar refractivity (Wildman–Crippen MR) is 102 cm³/mol. The summed E-state index contributed by atoms with van der Waals surface area (Å²) < 4.78 is -2.09. The number of halogens is 3. The van der Waals surface area contributed by atoms with Gasteiger partial charge in [0.05, 0.1) is 6.04 Å². The van der Waals surface area contributed by atoms with Crippen molar-refractivity contribution >= 4 is 52.3 Å². The Labute approximate surface area is 166 Å². The van der Waals surface area contributed by atoms with Crippen molar-refractivity contribution in [2.75, 3.05) is 0 Å². The van der Waals surface area contributed by atoms with Crippen molar-refractivity contribution in [3.63, 3.8) is 0 Å². The van der Waals surface area contributed by atoms with Crippen molar-refractivity contribution in [3.05, 3.63) is 46.0 Å². The molecule has 0 spiro atoms. The molecule has 1 N–H and O–H groups in total. The topological polar surface area (TPSA) is 63.2 Å². The maximum Gasteiger partial charge on any atom is 0.272 e. The highest BCUT2D eigenvalue weighted by molar-refractivity contribution is 6.76. The first-order chi connectivity index (χ1) is 11.9. The number of hydrogen-bond acceptors (Lipinski definition) is 3. The lowest BCUT2D eigenvalue weighted by molar-refractivity contribution is -0.121. The number of ketones is 2. The SMILES string of the molecule is CC(C)(C)C1=CC(=O)c2c(ccc3c2C(NC(=O)C(Cl)(Cl)Cl)CC3)C1=O. The maximum atomic E-state index is 12.9. The molecule has 1 unspecified atom stereocenters. The van der Waals surface area contributed by atoms with Crippen LogP contribution in [0.25, 0.3) is 0 Å². The lowest BCUT2D eigenvalue weighted by Gasteiger charge is -2.27. The van der Waals surface area contributed by atoms with E-state index < -0.39 is 21.2 Å². The van der Waals surface area contributed by atoms with Gasteiger partial charge in [-0.3, -0.25) is 14.4 Å². The molecule has 2 aliphatic carbocycles. The van der Waals surface area contributed by atoms with Gasteiger partial charge in [-0.05, 0) is 35.5 Å². The molecule has 0 radical (unpaired) electrons. The maximum absolute atomic E-state index is 12.9. The highest BCUT2D eigenvalue weighted by Crippen LogP contribution is 2.41. The van der Waals surface area contributed by atoms with Crippen molar-refractivity contribution in [2.45, 2.75) is 43.4 Å². The number of allylic oxidation sites excluding steroid dienone is 2. The number of carbonyl (C=O) groups is 3. The Morgan fingerprint density at radius 2 is 1.81 bits per heavy atom. The lowest BCUT2D eigenvalue weighted by Crippen LogP contribution is -2.37. The number of aryl methyl sites for hydroxylation is 1. The second-order valence-electron chi connectivity index (χ2n) is 7.62. The van der Waals surface area contributed by atoms with E-state index in [1.54, 1.807) is 6.07 Å². The standard InChI is InChI=1S/C19H18Cl3NO3/c1-18(2,3)11-8-13(24)15-10(16(11)25)6-4-9-5-7-12(14(9)15)23-17(26)19(20,21)22/h4,6,8,12H,5,7H2,1-3H3,(H,23,26). The van der Waals surface area contributed by atoms with Crippen LogP contribution in [0.2, 0.25) is 0 Å². The average molecular weight is 415 g/mol. The molecule has 0 aromatic heterocycles. The van der Waals surface area contributed by atoms with Gasteiger partial charge in [0, 0.05) is 16.7 Å². The molecule has 0 fully saturated rings. The summed E-state index contributed by atoms with van der Waals surface area (Å²) in [5, 5.41) is 2.68. The number of amides is 1. The van der Waals surface area contributed by atoms with Crippen LogP contribution in [0.1, 0.15) is 65.1 Å². The van der Waals surface area contributed by atoms with Crippen LogP contribution < -0.4 is 5.32 Å². The first-order valence-corrected chi connectivity index (χ1v) is 9.39. The van der Waals surface area contributed by atoms with E-state index in [-0.39, 0.29) is 11.6 Å². The number of carbonyl (C=O) groups excluding carboxylic acids is 3. The third-order valence-corrected chi connectivity index (χ3v) is 5.28. The summed E-state index contributed by atoms with van der Waals surface area (Å²) in [5.74, 6) is -1.14. The third kappa shape index (κ3) is 3.30. The smallest absolute Gasteiger partial charge is 0.272 e. The summed E-state index contributed by atoms with van der Waals surface area (Å²) in [4.78, 5) is 37.8. The molecule has 0 saturated carbocycles. The van der Waals surface area contributed by atoms with Crippen LogP contribution in [0, 0.1) is 5.41 Å². The van der Waals surface area contributed by atoms with E-state index in [0.29, 0.717) is 35.1 Å². The van der Waals surface area contributed by atoms with Gasteiger partial charge in [0.1, 0.15) is 0 Å². The fourth-order valence-corrected chi connectivity index (χ4v) is 3.70. The van der Waals surface area contributed by atoms with Gasteiger partial charge >= 0.3 is 0 Å². The largest absolute Gasteiger partial charge is 0.346 e. The first-order valence-electron chi connectivity index (χ1n) is 8.26. The molecule has 3 rings (SSSR count). The van der Waals surface area contributed by atoms with E-state index in [1.165, 1.54) is 6.08 Å². The molecule has 1 aromatic rings. The minimum Gasteiger partial charge on any atom is -0.346 e. The molecule has 0 heterocycles. The molecule has 138 valence electrons. The van der Waals surface area contributed by atoms with Crippen LogP contribution in [0.4, 0.5) is 0 Å². The molecule has 0 bridgehead atoms. The normalized spacial score (nSPS) is 19.8. The zero-order chi connectivity index (χ0) is 19.4. The Hall–Kier alpha value is -1.36. The summed E-state index contributed by atoms with van der Waals surface area (Å²) in [7, 11) is 0. The third-order valence-electron chi connectivity index (χ3n) is 4.77. The van der Waals surface area contributed by atoms with Crippen molar-refractivity contribution in [2.24, 2.45) is 5.41 Å². The fraction of sp³-hybridized carbons (Fsp3) is 0.421. The molecule has 1 atom stereocenters. The summed E-state index contributed by atoms with van der Waals surface area (Å²) >= 11 is 16.9. The van der Waals surface area contributed by atoms with E-state index in [0.717, 1.165) is 5.56 Å². The number of hydrogen-bond donors (Lipinski definition) is 1. The molecule has 0 aliphatic heterocycles. The lowest BCUT2D eigenvalue weighted by atomic mass is 9.75. The van der Waals surface area contributed by atoms with Crippen LogP contribution in [0.15, 0.2) is 23.8 Å². The number of fused-ring (bicyclic) bond motifs is 3. The van der Waals surface area contributed by atoms with Gasteiger partial charge in [-0.2, -0.15) is 0 Å². The Morgan fingerprint density at radius 3 is 2.38 bits per heavy atom. The monoisotopic (exact) mass is 413 g/mol. The molecule has 1 aromatic carbocycles. The number of alkyl halides is 3. The quantitative estimate of drug-likeness (QED) is 0.688. The average Bonchev–Trinajstić information content (AvgIpc) is 2.91. The predicted octanol–water partition coefficient (Wildman–Crippen LogP) is 4.51. The van der Waals surface area contributed by atoms with Gasteiger partial charge in [0.2, 0.25) is 0 Å². The van der Waals surface area contributed by atoms with Crippen molar-refractivity contribution < 1.29 is 14.4 Å². The number of Topliss-reactive ketones (excluding diaryl/α,β-unsaturated/α-hetero) is 1. The Kier molecular flexibility index (Phi) is 4.75. The second-order valence-corrected chi connectivity index (χ2v) is 9.91. The first kappa shape index (κ1) is 19.4. The summed E-state index contributed by atoms with van der Waals surface area (Å²) in [6.07, 6.45) is 2.66. The summed E-state index contributed by atoms with van der Waals surface area (Å²) in [6.45, 7) is 5.69. The van der Waals surface area contributed by atoms with E-state index >= 15 is 0 Å². The van der Waals surface area contributed by atoms with Gasteiger partial charge in [-0.1, -0.05) is 67.7 Å². The number of benzene rings is 1. The summed E-state index contributed by atoms with van der Waals surface area (Å²) in [5.41, 5.74) is 2.35. The molecule has 7 heteroatoms. The molecular weight excluding hydrogens is 397 g/mol. The molecule has 2 aliphatic rings. The van der Waals surface area contributed by atoms with E-state index in [4.69, 9.17) is 34.8 Å².